The molecular formula is C26H33F4NO. The summed E-state index contributed by atoms with van der Waals surface area (Å²) in [6.07, 6.45) is 10.7. The fraction of sp³-hybridized carbons (Fsp3) is 0.654. The molecule has 0 aliphatic heterocycles. The normalized spacial score (nSPS) is 27.0. The number of allylic oxidation sites excluding steroid dienone is 2. The van der Waals surface area contributed by atoms with Crippen molar-refractivity contribution in [2.45, 2.75) is 89.3 Å². The molecule has 0 aromatic heterocycles. The Labute approximate surface area is 188 Å². The molecule has 2 aliphatic carbocycles. The zero-order chi connectivity index (χ0) is 23.0. The second kappa shape index (κ2) is 11.7. The zero-order valence-electron chi connectivity index (χ0n) is 18.5. The number of ether oxygens (including phenoxy) is 1. The van der Waals surface area contributed by atoms with Crippen LogP contribution in [0.15, 0.2) is 36.2 Å². The highest BCUT2D eigenvalue weighted by Crippen LogP contribution is 2.39. The molecule has 0 amide bonds. The van der Waals surface area contributed by atoms with Crippen LogP contribution in [0.25, 0.3) is 0 Å². The van der Waals surface area contributed by atoms with E-state index in [4.69, 9.17) is 5.26 Å². The minimum atomic E-state index is -4.65. The summed E-state index contributed by atoms with van der Waals surface area (Å²) in [7, 11) is 0. The highest BCUT2D eigenvalue weighted by atomic mass is 19.4. The quantitative estimate of drug-likeness (QED) is 0.225. The largest absolute Gasteiger partial charge is 0.573 e. The van der Waals surface area contributed by atoms with Crippen LogP contribution in [0.1, 0.15) is 88.5 Å². The van der Waals surface area contributed by atoms with Gasteiger partial charge in [-0.15, -0.1) is 13.2 Å². The average Bonchev–Trinajstić information content (AvgIpc) is 2.77. The summed E-state index contributed by atoms with van der Waals surface area (Å²) in [5, 5.41) is 8.55. The molecule has 0 heterocycles. The van der Waals surface area contributed by atoms with Gasteiger partial charge in [0.05, 0.1) is 0 Å². The molecule has 0 unspecified atom stereocenters. The lowest BCUT2D eigenvalue weighted by atomic mass is 9.76. The number of benzene rings is 1. The van der Waals surface area contributed by atoms with E-state index in [-0.39, 0.29) is 11.7 Å². The number of halogens is 4. The van der Waals surface area contributed by atoms with E-state index in [0.717, 1.165) is 55.9 Å². The Morgan fingerprint density at radius 3 is 1.94 bits per heavy atom. The van der Waals surface area contributed by atoms with E-state index >= 15 is 0 Å². The molecule has 1 aromatic carbocycles. The van der Waals surface area contributed by atoms with Gasteiger partial charge < -0.3 is 4.74 Å². The summed E-state index contributed by atoms with van der Waals surface area (Å²) >= 11 is 0. The number of rotatable bonds is 8. The third-order valence-electron chi connectivity index (χ3n) is 7.29. The molecule has 0 spiro atoms. The first-order valence-electron chi connectivity index (χ1n) is 12.0. The van der Waals surface area contributed by atoms with Crippen molar-refractivity contribution in [3.05, 3.63) is 41.7 Å². The fourth-order valence-corrected chi connectivity index (χ4v) is 5.48. The van der Waals surface area contributed by atoms with Crippen LogP contribution in [-0.2, 0) is 0 Å². The maximum absolute atomic E-state index is 13.1. The van der Waals surface area contributed by atoms with Crippen molar-refractivity contribution in [3.63, 3.8) is 0 Å². The van der Waals surface area contributed by atoms with Gasteiger partial charge >= 0.3 is 6.36 Å². The standard InChI is InChI=1S/C26H33F4NO/c27-24(18-31)17-21-7-5-19(6-8-21)3-1-2-4-20-9-11-22(12-10-20)23-13-15-25(16-14-23)32-26(28,29)30/h13-17,19-22H,1-12H2/b24-17-/t19-,20-,21-,22-. The van der Waals surface area contributed by atoms with E-state index in [9.17, 15) is 17.6 Å². The molecule has 1 aromatic rings. The number of nitriles is 1. The van der Waals surface area contributed by atoms with Crippen LogP contribution in [0.4, 0.5) is 17.6 Å². The Kier molecular flexibility index (Phi) is 9.02. The number of alkyl halides is 3. The molecule has 0 saturated heterocycles. The smallest absolute Gasteiger partial charge is 0.406 e. The molecule has 2 nitrogen and oxygen atoms in total. The molecular weight excluding hydrogens is 418 g/mol. The Morgan fingerprint density at radius 1 is 0.906 bits per heavy atom. The first kappa shape index (κ1) is 24.6. The Morgan fingerprint density at radius 2 is 1.44 bits per heavy atom. The van der Waals surface area contributed by atoms with Crippen LogP contribution >= 0.6 is 0 Å². The van der Waals surface area contributed by atoms with Crippen LogP contribution in [0, 0.1) is 29.1 Å². The van der Waals surface area contributed by atoms with Crippen molar-refractivity contribution in [1.82, 2.24) is 0 Å². The molecule has 6 heteroatoms. The van der Waals surface area contributed by atoms with Crippen molar-refractivity contribution >= 4 is 0 Å². The summed E-state index contributed by atoms with van der Waals surface area (Å²) < 4.78 is 53.9. The van der Waals surface area contributed by atoms with E-state index < -0.39 is 12.2 Å². The predicted octanol–water partition coefficient (Wildman–Crippen LogP) is 8.60. The molecule has 2 aliphatic rings. The van der Waals surface area contributed by atoms with Gasteiger partial charge in [0.2, 0.25) is 0 Å². The van der Waals surface area contributed by atoms with E-state index in [1.807, 2.05) is 0 Å². The van der Waals surface area contributed by atoms with Gasteiger partial charge in [-0.05, 0) is 98.8 Å². The van der Waals surface area contributed by atoms with Crippen molar-refractivity contribution < 1.29 is 22.3 Å². The summed E-state index contributed by atoms with van der Waals surface area (Å²) in [4.78, 5) is 0. The van der Waals surface area contributed by atoms with E-state index in [2.05, 4.69) is 4.74 Å². The number of hydrogen-bond acceptors (Lipinski definition) is 2. The van der Waals surface area contributed by atoms with E-state index in [0.29, 0.717) is 5.92 Å². The first-order valence-corrected chi connectivity index (χ1v) is 12.0. The molecule has 0 atom stereocenters. The highest BCUT2D eigenvalue weighted by molar-refractivity contribution is 5.29. The average molecular weight is 452 g/mol. The highest BCUT2D eigenvalue weighted by Gasteiger charge is 2.31. The van der Waals surface area contributed by atoms with Crippen LogP contribution in [0.2, 0.25) is 0 Å². The third-order valence-corrected chi connectivity index (χ3v) is 7.29. The van der Waals surface area contributed by atoms with Gasteiger partial charge in [0.15, 0.2) is 5.83 Å². The van der Waals surface area contributed by atoms with Crippen LogP contribution < -0.4 is 4.74 Å². The maximum atomic E-state index is 13.1. The minimum Gasteiger partial charge on any atom is -0.406 e. The Balaban J connectivity index is 1.29. The summed E-state index contributed by atoms with van der Waals surface area (Å²) in [6, 6.07) is 7.94. The van der Waals surface area contributed by atoms with Crippen LogP contribution in [0.5, 0.6) is 5.75 Å². The van der Waals surface area contributed by atoms with Gasteiger partial charge in [0.1, 0.15) is 11.8 Å². The van der Waals surface area contributed by atoms with Gasteiger partial charge in [-0.25, -0.2) is 0 Å². The summed E-state index contributed by atoms with van der Waals surface area (Å²) in [5.74, 6) is 1.36. The van der Waals surface area contributed by atoms with Gasteiger partial charge in [0.25, 0.3) is 0 Å². The summed E-state index contributed by atoms with van der Waals surface area (Å²) in [5.41, 5.74) is 1.11. The Hall–Kier alpha value is -2.03. The topological polar surface area (TPSA) is 33.0 Å². The van der Waals surface area contributed by atoms with Crippen molar-refractivity contribution in [2.24, 2.45) is 17.8 Å². The summed E-state index contributed by atoms with van der Waals surface area (Å²) in [6.45, 7) is 0. The maximum Gasteiger partial charge on any atom is 0.573 e. The molecule has 2 saturated carbocycles. The molecule has 176 valence electrons. The van der Waals surface area contributed by atoms with Gasteiger partial charge in [0, 0.05) is 0 Å². The van der Waals surface area contributed by atoms with Gasteiger partial charge in [-0.3, -0.25) is 0 Å². The third kappa shape index (κ3) is 8.15. The van der Waals surface area contributed by atoms with Crippen LogP contribution in [0.3, 0.4) is 0 Å². The van der Waals surface area contributed by atoms with Crippen molar-refractivity contribution in [3.8, 4) is 11.8 Å². The molecule has 32 heavy (non-hydrogen) atoms. The van der Waals surface area contributed by atoms with Gasteiger partial charge in [-0.2, -0.15) is 9.65 Å². The molecule has 3 rings (SSSR count). The monoisotopic (exact) mass is 451 g/mol. The van der Waals surface area contributed by atoms with Crippen LogP contribution in [-0.4, -0.2) is 6.36 Å². The minimum absolute atomic E-state index is 0.158. The molecule has 0 radical (unpaired) electrons. The predicted molar refractivity (Wildman–Crippen MR) is 117 cm³/mol. The number of hydrogen-bond donors (Lipinski definition) is 0. The first-order chi connectivity index (χ1) is 15.3. The molecule has 0 bridgehead atoms. The number of nitrogens with zero attached hydrogens (tertiary/aromatic N) is 1. The molecule has 0 N–H and O–H groups in total. The second-order valence-electron chi connectivity index (χ2n) is 9.53. The molecule has 2 fully saturated rings. The van der Waals surface area contributed by atoms with Crippen molar-refractivity contribution in [2.75, 3.05) is 0 Å². The zero-order valence-corrected chi connectivity index (χ0v) is 18.5. The fourth-order valence-electron chi connectivity index (χ4n) is 5.48. The van der Waals surface area contributed by atoms with E-state index in [1.54, 1.807) is 18.2 Å². The lowest BCUT2D eigenvalue weighted by Gasteiger charge is -2.29. The lowest BCUT2D eigenvalue weighted by molar-refractivity contribution is -0.274. The second-order valence-corrected chi connectivity index (χ2v) is 9.53. The Bertz CT molecular complexity index is 765. The lowest BCUT2D eigenvalue weighted by Crippen LogP contribution is -2.17. The van der Waals surface area contributed by atoms with Crippen molar-refractivity contribution in [1.29, 1.82) is 5.26 Å². The van der Waals surface area contributed by atoms with Gasteiger partial charge in [-0.1, -0.05) is 37.8 Å². The SMILES string of the molecule is N#C/C(F)=C/[C@H]1CC[C@H](CCCC[C@H]2CC[C@H](c3ccc(OC(F)(F)F)cc3)CC2)CC1. The van der Waals surface area contributed by atoms with E-state index in [1.165, 1.54) is 56.7 Å². The number of unbranched alkanes of at least 4 members (excludes halogenated alkanes) is 1.